The molecule has 0 aliphatic carbocycles. The Morgan fingerprint density at radius 2 is 1.79 bits per heavy atom. The second kappa shape index (κ2) is 8.26. The van der Waals surface area contributed by atoms with E-state index in [0.29, 0.717) is 21.7 Å². The smallest absolute Gasteiger partial charge is 0.321 e. The van der Waals surface area contributed by atoms with Gasteiger partial charge in [-0.25, -0.2) is 9.78 Å². The maximum absolute atomic E-state index is 13.2. The molecule has 1 heterocycles. The Morgan fingerprint density at radius 3 is 2.50 bits per heavy atom. The van der Waals surface area contributed by atoms with Crippen LogP contribution in [0.15, 0.2) is 58.5 Å². The van der Waals surface area contributed by atoms with Gasteiger partial charge in [0.2, 0.25) is 5.91 Å². The van der Waals surface area contributed by atoms with Gasteiger partial charge < -0.3 is 5.32 Å². The number of aromatic nitrogens is 2. The largest absolute Gasteiger partial charge is 0.341 e. The Bertz CT molecular complexity index is 1110. The molecule has 3 aromatic rings. The number of nitrogens with one attached hydrogen (secondary N) is 2. The molecule has 7 nitrogen and oxygen atoms in total. The highest BCUT2D eigenvalue weighted by molar-refractivity contribution is 8.00. The highest BCUT2D eigenvalue weighted by Crippen LogP contribution is 2.26. The van der Waals surface area contributed by atoms with Crippen molar-refractivity contribution in [2.75, 3.05) is 7.05 Å². The molecule has 3 rings (SSSR count). The Hall–Kier alpha value is -3.13. The van der Waals surface area contributed by atoms with Crippen LogP contribution >= 0.6 is 11.8 Å². The summed E-state index contributed by atoms with van der Waals surface area (Å²) < 4.78 is 1.52. The highest BCUT2D eigenvalue weighted by Gasteiger charge is 2.21. The number of rotatable bonds is 4. The third-order valence-electron chi connectivity index (χ3n) is 4.22. The molecule has 0 saturated heterocycles. The lowest BCUT2D eigenvalue weighted by Crippen LogP contribution is -2.41. The molecule has 3 amide bonds. The first-order valence-corrected chi connectivity index (χ1v) is 9.57. The predicted molar refractivity (Wildman–Crippen MR) is 110 cm³/mol. The molecule has 2 N–H and O–H groups in total. The molecule has 0 aliphatic rings. The van der Waals surface area contributed by atoms with Gasteiger partial charge in [0.05, 0.1) is 21.8 Å². The third-order valence-corrected chi connectivity index (χ3v) is 5.27. The lowest BCUT2D eigenvalue weighted by Gasteiger charge is -2.17. The van der Waals surface area contributed by atoms with Crippen molar-refractivity contribution in [3.8, 4) is 5.69 Å². The minimum atomic E-state index is -0.638. The molecule has 1 aromatic heterocycles. The SMILES string of the molecule is CNC(=O)NC(=O)[C@H](C)Sc1nc2ccccc2c(=O)n1-c1ccccc1C. The lowest BCUT2D eigenvalue weighted by molar-refractivity contribution is -0.119. The fourth-order valence-corrected chi connectivity index (χ4v) is 3.63. The van der Waals surface area contributed by atoms with Crippen LogP contribution in [-0.4, -0.2) is 33.8 Å². The summed E-state index contributed by atoms with van der Waals surface area (Å²) in [5, 5.41) is 4.83. The molecule has 0 unspecified atom stereocenters. The van der Waals surface area contributed by atoms with Crippen LogP contribution in [0.1, 0.15) is 12.5 Å². The average molecular weight is 396 g/mol. The van der Waals surface area contributed by atoms with E-state index < -0.39 is 17.2 Å². The molecular formula is C20H20N4O3S. The molecule has 28 heavy (non-hydrogen) atoms. The van der Waals surface area contributed by atoms with Gasteiger partial charge in [-0.3, -0.25) is 19.5 Å². The first-order valence-electron chi connectivity index (χ1n) is 8.69. The van der Waals surface area contributed by atoms with Crippen molar-refractivity contribution in [2.45, 2.75) is 24.3 Å². The van der Waals surface area contributed by atoms with Crippen LogP contribution in [0.2, 0.25) is 0 Å². The standard InChI is InChI=1S/C20H20N4O3S/c1-12-8-4-7-11-16(12)24-18(26)14-9-5-6-10-15(14)22-20(24)28-13(2)17(25)23-19(27)21-3/h4-11,13H,1-3H3,(H2,21,23,25,27)/t13-/m0/s1. The van der Waals surface area contributed by atoms with Gasteiger partial charge in [-0.15, -0.1) is 0 Å². The maximum Gasteiger partial charge on any atom is 0.321 e. The molecule has 0 saturated carbocycles. The van der Waals surface area contributed by atoms with Gasteiger partial charge in [-0.2, -0.15) is 0 Å². The number of benzene rings is 2. The Balaban J connectivity index is 2.12. The number of imide groups is 1. The second-order valence-electron chi connectivity index (χ2n) is 6.17. The molecular weight excluding hydrogens is 376 g/mol. The summed E-state index contributed by atoms with van der Waals surface area (Å²) in [5.41, 5.74) is 1.96. The van der Waals surface area contributed by atoms with Crippen LogP contribution in [-0.2, 0) is 4.79 Å². The van der Waals surface area contributed by atoms with E-state index in [4.69, 9.17) is 0 Å². The average Bonchev–Trinajstić information content (AvgIpc) is 2.69. The third kappa shape index (κ3) is 3.91. The molecule has 0 bridgehead atoms. The number of thioether (sulfide) groups is 1. The molecule has 8 heteroatoms. The van der Waals surface area contributed by atoms with Crippen molar-refractivity contribution in [2.24, 2.45) is 0 Å². The Kier molecular flexibility index (Phi) is 5.79. The monoisotopic (exact) mass is 396 g/mol. The fourth-order valence-electron chi connectivity index (χ4n) is 2.71. The molecule has 144 valence electrons. The molecule has 2 aromatic carbocycles. The lowest BCUT2D eigenvalue weighted by atomic mass is 10.2. The summed E-state index contributed by atoms with van der Waals surface area (Å²) in [6, 6.07) is 14.0. The zero-order chi connectivity index (χ0) is 20.3. The second-order valence-corrected chi connectivity index (χ2v) is 7.47. The van der Waals surface area contributed by atoms with Crippen LogP contribution in [0.5, 0.6) is 0 Å². The van der Waals surface area contributed by atoms with E-state index in [0.717, 1.165) is 17.3 Å². The molecule has 0 spiro atoms. The van der Waals surface area contributed by atoms with Crippen molar-refractivity contribution in [1.29, 1.82) is 0 Å². The Morgan fingerprint density at radius 1 is 1.11 bits per heavy atom. The summed E-state index contributed by atoms with van der Waals surface area (Å²) in [7, 11) is 1.43. The topological polar surface area (TPSA) is 93.1 Å². The fraction of sp³-hybridized carbons (Fsp3) is 0.200. The number of para-hydroxylation sites is 2. The van der Waals surface area contributed by atoms with Crippen LogP contribution in [0.3, 0.4) is 0 Å². The van der Waals surface area contributed by atoms with E-state index in [9.17, 15) is 14.4 Å². The van der Waals surface area contributed by atoms with E-state index in [-0.39, 0.29) is 5.56 Å². The van der Waals surface area contributed by atoms with Crippen LogP contribution in [0.4, 0.5) is 4.79 Å². The van der Waals surface area contributed by atoms with Crippen LogP contribution in [0, 0.1) is 6.92 Å². The normalized spacial score (nSPS) is 11.8. The van der Waals surface area contributed by atoms with Gasteiger partial charge >= 0.3 is 6.03 Å². The minimum absolute atomic E-state index is 0.207. The number of carbonyl (C=O) groups excluding carboxylic acids is 2. The summed E-state index contributed by atoms with van der Waals surface area (Å²) in [5.74, 6) is -0.469. The number of nitrogens with zero attached hydrogens (tertiary/aromatic N) is 2. The summed E-state index contributed by atoms with van der Waals surface area (Å²) in [4.78, 5) is 41.5. The van der Waals surface area contributed by atoms with Gasteiger partial charge in [0.25, 0.3) is 5.56 Å². The van der Waals surface area contributed by atoms with Gasteiger partial charge in [0.1, 0.15) is 0 Å². The number of amides is 3. The molecule has 1 atom stereocenters. The van der Waals surface area contributed by atoms with E-state index in [2.05, 4.69) is 15.6 Å². The zero-order valence-electron chi connectivity index (χ0n) is 15.7. The van der Waals surface area contributed by atoms with Crippen molar-refractivity contribution >= 4 is 34.6 Å². The predicted octanol–water partition coefficient (Wildman–Crippen LogP) is 2.63. The number of carbonyl (C=O) groups is 2. The summed E-state index contributed by atoms with van der Waals surface area (Å²) in [6.45, 7) is 3.57. The number of aryl methyl sites for hydroxylation is 1. The van der Waals surface area contributed by atoms with Gasteiger partial charge in [-0.05, 0) is 37.6 Å². The molecule has 0 fully saturated rings. The zero-order valence-corrected chi connectivity index (χ0v) is 16.5. The highest BCUT2D eigenvalue weighted by atomic mass is 32.2. The summed E-state index contributed by atoms with van der Waals surface area (Å²) >= 11 is 1.12. The number of urea groups is 1. The van der Waals surface area contributed by atoms with E-state index in [1.165, 1.54) is 11.6 Å². The van der Waals surface area contributed by atoms with Crippen LogP contribution in [0.25, 0.3) is 16.6 Å². The van der Waals surface area contributed by atoms with Crippen LogP contribution < -0.4 is 16.2 Å². The number of hydrogen-bond donors (Lipinski definition) is 2. The van der Waals surface area contributed by atoms with Crippen molar-refractivity contribution in [3.63, 3.8) is 0 Å². The Labute approximate surface area is 166 Å². The number of hydrogen-bond acceptors (Lipinski definition) is 5. The minimum Gasteiger partial charge on any atom is -0.341 e. The van der Waals surface area contributed by atoms with Gasteiger partial charge in [0, 0.05) is 7.05 Å². The maximum atomic E-state index is 13.2. The van der Waals surface area contributed by atoms with Crippen molar-refractivity contribution in [1.82, 2.24) is 20.2 Å². The van der Waals surface area contributed by atoms with Gasteiger partial charge in [0.15, 0.2) is 5.16 Å². The number of fused-ring (bicyclic) bond motifs is 1. The molecule has 0 radical (unpaired) electrons. The quantitative estimate of drug-likeness (QED) is 0.522. The summed E-state index contributed by atoms with van der Waals surface area (Å²) in [6.07, 6.45) is 0. The van der Waals surface area contributed by atoms with E-state index >= 15 is 0 Å². The van der Waals surface area contributed by atoms with E-state index in [1.807, 2.05) is 37.3 Å². The van der Waals surface area contributed by atoms with E-state index in [1.54, 1.807) is 25.1 Å². The van der Waals surface area contributed by atoms with Crippen molar-refractivity contribution in [3.05, 3.63) is 64.4 Å². The first-order chi connectivity index (χ1) is 13.4. The first kappa shape index (κ1) is 19.6. The molecule has 0 aliphatic heterocycles. The van der Waals surface area contributed by atoms with Crippen molar-refractivity contribution < 1.29 is 9.59 Å². The van der Waals surface area contributed by atoms with Gasteiger partial charge in [-0.1, -0.05) is 42.1 Å².